The molecule has 0 unspecified atom stereocenters. The van der Waals surface area contributed by atoms with E-state index in [2.05, 4.69) is 246 Å². The van der Waals surface area contributed by atoms with E-state index >= 15 is 0 Å². The van der Waals surface area contributed by atoms with Gasteiger partial charge in [0.2, 0.25) is 0 Å². The second kappa shape index (κ2) is 14.5. The lowest BCUT2D eigenvalue weighted by atomic mass is 9.77. The first-order valence-electron chi connectivity index (χ1n) is 21.9. The Morgan fingerprint density at radius 2 is 0.806 bits per heavy atom. The van der Waals surface area contributed by atoms with Crippen LogP contribution >= 0.6 is 0 Å². The van der Waals surface area contributed by atoms with Gasteiger partial charge in [-0.25, -0.2) is 0 Å². The maximum atomic E-state index is 2.58. The van der Waals surface area contributed by atoms with Crippen molar-refractivity contribution in [2.24, 2.45) is 0 Å². The van der Waals surface area contributed by atoms with Gasteiger partial charge in [0.05, 0.1) is 5.69 Å². The summed E-state index contributed by atoms with van der Waals surface area (Å²) in [6, 6.07) is 76.3. The smallest absolute Gasteiger partial charge is 0.0546 e. The van der Waals surface area contributed by atoms with Gasteiger partial charge in [-0.15, -0.1) is 0 Å². The zero-order valence-corrected chi connectivity index (χ0v) is 36.1. The summed E-state index contributed by atoms with van der Waals surface area (Å²) in [6.45, 7) is 12.0. The summed E-state index contributed by atoms with van der Waals surface area (Å²) >= 11 is 0. The van der Waals surface area contributed by atoms with E-state index in [1.54, 1.807) is 0 Å². The topological polar surface area (TPSA) is 3.24 Å². The number of hydrogen-bond donors (Lipinski definition) is 0. The van der Waals surface area contributed by atoms with Crippen molar-refractivity contribution < 1.29 is 0 Å². The molecule has 2 aliphatic carbocycles. The number of hydrogen-bond acceptors (Lipinski definition) is 1. The minimum absolute atomic E-state index is 0.160. The van der Waals surface area contributed by atoms with Crippen molar-refractivity contribution in [3.8, 4) is 66.8 Å². The molecule has 9 aromatic carbocycles. The highest BCUT2D eigenvalue weighted by molar-refractivity contribution is 6.02. The summed E-state index contributed by atoms with van der Waals surface area (Å²) in [7, 11) is 0. The van der Waals surface area contributed by atoms with Crippen LogP contribution in [-0.4, -0.2) is 0 Å². The van der Waals surface area contributed by atoms with Gasteiger partial charge < -0.3 is 4.90 Å². The molecular weight excluding hydrogens is 747 g/mol. The highest BCUT2D eigenvalue weighted by atomic mass is 15.1. The van der Waals surface area contributed by atoms with Gasteiger partial charge in [-0.3, -0.25) is 0 Å². The maximum Gasteiger partial charge on any atom is 0.0546 e. The van der Waals surface area contributed by atoms with Crippen LogP contribution in [0.15, 0.2) is 206 Å². The van der Waals surface area contributed by atoms with Crippen molar-refractivity contribution in [2.45, 2.75) is 45.4 Å². The quantitative estimate of drug-likeness (QED) is 0.155. The molecule has 1 nitrogen and oxygen atoms in total. The molecule has 0 spiro atoms. The molecule has 0 aromatic heterocycles. The Hall–Kier alpha value is -7.22. The monoisotopic (exact) mass is 795 g/mol. The van der Waals surface area contributed by atoms with Crippen LogP contribution in [0.5, 0.6) is 0 Å². The largest absolute Gasteiger partial charge is 0.310 e. The highest BCUT2D eigenvalue weighted by Crippen LogP contribution is 2.57. The molecule has 0 fully saturated rings. The highest BCUT2D eigenvalue weighted by Gasteiger charge is 2.41. The van der Waals surface area contributed by atoms with E-state index < -0.39 is 0 Å². The van der Waals surface area contributed by atoms with Crippen LogP contribution in [0.4, 0.5) is 17.1 Å². The van der Waals surface area contributed by atoms with Crippen LogP contribution in [0.3, 0.4) is 0 Å². The fraction of sp³-hybridized carbons (Fsp3) is 0.115. The molecule has 0 saturated heterocycles. The Kier molecular flexibility index (Phi) is 8.81. The van der Waals surface area contributed by atoms with Crippen LogP contribution < -0.4 is 4.90 Å². The van der Waals surface area contributed by atoms with Crippen LogP contribution in [0.2, 0.25) is 0 Å². The van der Waals surface area contributed by atoms with E-state index in [0.717, 1.165) is 11.4 Å². The van der Waals surface area contributed by atoms with E-state index in [1.807, 2.05) is 0 Å². The van der Waals surface area contributed by atoms with Crippen molar-refractivity contribution in [1.29, 1.82) is 0 Å². The predicted molar refractivity (Wildman–Crippen MR) is 263 cm³/mol. The summed E-state index contributed by atoms with van der Waals surface area (Å²) in [5, 5.41) is 0. The van der Waals surface area contributed by atoms with Gasteiger partial charge in [0.1, 0.15) is 0 Å². The lowest BCUT2D eigenvalue weighted by Crippen LogP contribution is -2.20. The normalized spacial score (nSPS) is 13.8. The second-order valence-corrected chi connectivity index (χ2v) is 18.1. The van der Waals surface area contributed by atoms with Crippen molar-refractivity contribution in [2.75, 3.05) is 4.90 Å². The summed E-state index contributed by atoms with van der Waals surface area (Å²) in [5.74, 6) is 0. The molecule has 11 rings (SSSR count). The Balaban J connectivity index is 1.21. The van der Waals surface area contributed by atoms with E-state index in [1.165, 1.54) is 100 Å². The summed E-state index contributed by atoms with van der Waals surface area (Å²) in [5.41, 5.74) is 24.9. The average Bonchev–Trinajstić information content (AvgIpc) is 3.70. The van der Waals surface area contributed by atoms with Gasteiger partial charge in [-0.1, -0.05) is 210 Å². The van der Waals surface area contributed by atoms with Gasteiger partial charge in [0.15, 0.2) is 0 Å². The zero-order chi connectivity index (χ0) is 42.2. The first kappa shape index (κ1) is 37.8. The number of nitrogens with zero attached hydrogens (tertiary/aromatic N) is 1. The zero-order valence-electron chi connectivity index (χ0n) is 36.1. The summed E-state index contributed by atoms with van der Waals surface area (Å²) in [4.78, 5) is 2.58. The Morgan fingerprint density at radius 1 is 0.323 bits per heavy atom. The number of rotatable bonds is 7. The summed E-state index contributed by atoms with van der Waals surface area (Å²) < 4.78 is 0. The second-order valence-electron chi connectivity index (χ2n) is 18.1. The Morgan fingerprint density at radius 3 is 1.50 bits per heavy atom. The van der Waals surface area contributed by atoms with Gasteiger partial charge >= 0.3 is 0 Å². The molecule has 0 amide bonds. The molecule has 298 valence electrons. The van der Waals surface area contributed by atoms with Gasteiger partial charge in [-0.05, 0) is 120 Å². The number of benzene rings is 9. The molecule has 0 aliphatic heterocycles. The van der Waals surface area contributed by atoms with E-state index in [0.29, 0.717) is 0 Å². The molecule has 2 aliphatic rings. The summed E-state index contributed by atoms with van der Waals surface area (Å²) in [6.07, 6.45) is 0. The number of fused-ring (bicyclic) bond motifs is 6. The van der Waals surface area contributed by atoms with E-state index in [-0.39, 0.29) is 10.8 Å². The third kappa shape index (κ3) is 5.76. The molecule has 62 heavy (non-hydrogen) atoms. The Labute approximate surface area is 366 Å². The number of anilines is 3. The van der Waals surface area contributed by atoms with E-state index in [4.69, 9.17) is 0 Å². The Bertz CT molecular complexity index is 3170. The molecule has 0 radical (unpaired) electrons. The third-order valence-electron chi connectivity index (χ3n) is 13.8. The molecule has 0 saturated carbocycles. The molecule has 0 N–H and O–H groups in total. The first-order chi connectivity index (χ1) is 30.2. The average molecular weight is 796 g/mol. The third-order valence-corrected chi connectivity index (χ3v) is 13.8. The maximum absolute atomic E-state index is 2.58. The first-order valence-corrected chi connectivity index (χ1v) is 21.9. The molecule has 0 heterocycles. The fourth-order valence-electron chi connectivity index (χ4n) is 11.1. The van der Waals surface area contributed by atoms with Crippen LogP contribution in [-0.2, 0) is 10.8 Å². The molecule has 1 heteroatoms. The minimum Gasteiger partial charge on any atom is -0.310 e. The molecule has 9 aromatic rings. The lowest BCUT2D eigenvalue weighted by molar-refractivity contribution is 0.657. The SMILES string of the molecule is Cc1c(N(c2ccc3c(c2)C(C)(C)c2ccccc2-3)c2cccc(-c3ccccc3)c2-c2ccccc2-c2ccccc2)ccc2c1C(C)(C)c1c(-c3ccccc3)cccc1-2. The van der Waals surface area contributed by atoms with Crippen LogP contribution in [0, 0.1) is 6.92 Å². The molecular formula is C61H49N. The standard InChI is InChI=1S/C61H49N/c1-40-55(38-37-52-51-32-19-31-47(43-25-13-8-14-26-43)59(51)61(4,5)58(40)52)62(44-35-36-49-48-28-17-18-33-53(48)60(2,3)54(49)39-44)56-34-20-30-46(42-23-11-7-12-24-42)57(56)50-29-16-15-27-45(50)41-21-9-6-10-22-41/h6-39H,1-5H3. The van der Waals surface area contributed by atoms with Crippen molar-refractivity contribution in [1.82, 2.24) is 0 Å². The van der Waals surface area contributed by atoms with Crippen LogP contribution in [0.1, 0.15) is 55.5 Å². The van der Waals surface area contributed by atoms with E-state index in [9.17, 15) is 0 Å². The van der Waals surface area contributed by atoms with Crippen LogP contribution in [0.25, 0.3) is 66.8 Å². The van der Waals surface area contributed by atoms with Crippen molar-refractivity contribution in [3.05, 3.63) is 234 Å². The predicted octanol–water partition coefficient (Wildman–Crippen LogP) is 16.7. The van der Waals surface area contributed by atoms with Gasteiger partial charge in [-0.2, -0.15) is 0 Å². The molecule has 0 atom stereocenters. The van der Waals surface area contributed by atoms with Crippen molar-refractivity contribution >= 4 is 17.1 Å². The lowest BCUT2D eigenvalue weighted by Gasteiger charge is -2.34. The van der Waals surface area contributed by atoms with Crippen molar-refractivity contribution in [3.63, 3.8) is 0 Å². The molecule has 0 bridgehead atoms. The van der Waals surface area contributed by atoms with Gasteiger partial charge in [0, 0.05) is 27.8 Å². The minimum atomic E-state index is -0.251. The fourth-order valence-corrected chi connectivity index (χ4v) is 11.1. The van der Waals surface area contributed by atoms with Gasteiger partial charge in [0.25, 0.3) is 0 Å².